The van der Waals surface area contributed by atoms with Crippen molar-refractivity contribution in [3.05, 3.63) is 46.8 Å². The molecule has 0 aliphatic heterocycles. The second-order valence-corrected chi connectivity index (χ2v) is 6.70. The molecule has 0 fully saturated rings. The Hall–Kier alpha value is -1.51. The number of nitrogen functional groups attached to an aromatic ring is 1. The van der Waals surface area contributed by atoms with Crippen LogP contribution in [-0.4, -0.2) is 24.9 Å². The number of nitrogens with one attached hydrogen (secondary N) is 1. The van der Waals surface area contributed by atoms with Gasteiger partial charge in [-0.25, -0.2) is 18.1 Å². The summed E-state index contributed by atoms with van der Waals surface area (Å²) in [6.07, 6.45) is 5.36. The van der Waals surface area contributed by atoms with Crippen LogP contribution in [0.15, 0.2) is 46.2 Å². The van der Waals surface area contributed by atoms with Crippen molar-refractivity contribution in [3.8, 4) is 0 Å². The molecule has 106 valence electrons. The molecule has 0 unspecified atom stereocenters. The van der Waals surface area contributed by atoms with Crippen molar-refractivity contribution < 1.29 is 8.42 Å². The summed E-state index contributed by atoms with van der Waals surface area (Å²) in [5.41, 5.74) is 6.55. The highest BCUT2D eigenvalue weighted by molar-refractivity contribution is 9.10. The van der Waals surface area contributed by atoms with E-state index in [2.05, 4.69) is 30.6 Å². The van der Waals surface area contributed by atoms with Crippen LogP contribution in [0.1, 0.15) is 5.56 Å². The molecule has 0 spiro atoms. The molecule has 3 N–H and O–H groups in total. The number of sulfonamides is 1. The number of aromatic nitrogens is 2. The van der Waals surface area contributed by atoms with E-state index in [1.165, 1.54) is 12.3 Å². The van der Waals surface area contributed by atoms with Crippen LogP contribution in [0.3, 0.4) is 0 Å². The van der Waals surface area contributed by atoms with Crippen molar-refractivity contribution in [1.29, 1.82) is 0 Å². The molecule has 8 heteroatoms. The number of hydrogen-bond acceptors (Lipinski definition) is 5. The van der Waals surface area contributed by atoms with Gasteiger partial charge in [-0.1, -0.05) is 6.07 Å². The second kappa shape index (κ2) is 6.29. The molecule has 0 saturated carbocycles. The van der Waals surface area contributed by atoms with E-state index >= 15 is 0 Å². The Morgan fingerprint density at radius 3 is 2.85 bits per heavy atom. The lowest BCUT2D eigenvalue weighted by Gasteiger charge is -2.08. The number of halogens is 1. The zero-order valence-corrected chi connectivity index (χ0v) is 12.9. The summed E-state index contributed by atoms with van der Waals surface area (Å²) in [7, 11) is -3.67. The first kappa shape index (κ1) is 14.9. The highest BCUT2D eigenvalue weighted by atomic mass is 79.9. The standard InChI is InChI=1S/C12H13BrN4O2S/c13-10-6-11(12(14)16-8-10)20(18,19)17-5-3-9-2-1-4-15-7-9/h1-2,4,6-8,17H,3,5H2,(H2,14,16). The number of pyridine rings is 2. The Bertz CT molecular complexity index is 692. The molecule has 0 aliphatic carbocycles. The molecule has 0 aliphatic rings. The van der Waals surface area contributed by atoms with Crippen LogP contribution in [0, 0.1) is 0 Å². The average molecular weight is 357 g/mol. The van der Waals surface area contributed by atoms with E-state index in [9.17, 15) is 8.42 Å². The smallest absolute Gasteiger partial charge is 0.244 e. The number of rotatable bonds is 5. The third-order valence-corrected chi connectivity index (χ3v) is 4.49. The molecule has 2 aromatic heterocycles. The molecule has 0 aromatic carbocycles. The van der Waals surface area contributed by atoms with Crippen LogP contribution >= 0.6 is 15.9 Å². The van der Waals surface area contributed by atoms with Crippen LogP contribution in [0.2, 0.25) is 0 Å². The predicted octanol–water partition coefficient (Wildman–Crippen LogP) is 1.34. The van der Waals surface area contributed by atoms with Crippen molar-refractivity contribution in [1.82, 2.24) is 14.7 Å². The highest BCUT2D eigenvalue weighted by Crippen LogP contribution is 2.20. The van der Waals surface area contributed by atoms with Gasteiger partial charge in [-0.15, -0.1) is 0 Å². The highest BCUT2D eigenvalue weighted by Gasteiger charge is 2.18. The molecule has 6 nitrogen and oxygen atoms in total. The Morgan fingerprint density at radius 2 is 2.15 bits per heavy atom. The molecule has 2 rings (SSSR count). The maximum Gasteiger partial charge on any atom is 0.244 e. The molecular formula is C12H13BrN4O2S. The van der Waals surface area contributed by atoms with Crippen LogP contribution in [0.4, 0.5) is 5.82 Å². The normalized spacial score (nSPS) is 11.4. The van der Waals surface area contributed by atoms with Gasteiger partial charge in [0.1, 0.15) is 10.7 Å². The zero-order chi connectivity index (χ0) is 14.6. The first-order chi connectivity index (χ1) is 9.49. The van der Waals surface area contributed by atoms with Gasteiger partial charge in [0.15, 0.2) is 0 Å². The van der Waals surface area contributed by atoms with E-state index in [0.717, 1.165) is 5.56 Å². The zero-order valence-electron chi connectivity index (χ0n) is 10.5. The third kappa shape index (κ3) is 3.75. The summed E-state index contributed by atoms with van der Waals surface area (Å²) in [6, 6.07) is 5.12. The monoisotopic (exact) mass is 356 g/mol. The third-order valence-electron chi connectivity index (χ3n) is 2.57. The lowest BCUT2D eigenvalue weighted by Crippen LogP contribution is -2.27. The van der Waals surface area contributed by atoms with Crippen molar-refractivity contribution in [3.63, 3.8) is 0 Å². The van der Waals surface area contributed by atoms with Crippen LogP contribution in [-0.2, 0) is 16.4 Å². The van der Waals surface area contributed by atoms with Crippen LogP contribution in [0.25, 0.3) is 0 Å². The number of hydrogen-bond donors (Lipinski definition) is 2. The van der Waals surface area contributed by atoms with Gasteiger partial charge in [0.25, 0.3) is 0 Å². The Balaban J connectivity index is 2.06. The first-order valence-corrected chi connectivity index (χ1v) is 8.06. The van der Waals surface area contributed by atoms with E-state index in [4.69, 9.17) is 5.73 Å². The van der Waals surface area contributed by atoms with Gasteiger partial charge in [-0.05, 0) is 40.0 Å². The maximum atomic E-state index is 12.1. The van der Waals surface area contributed by atoms with Gasteiger partial charge in [-0.2, -0.15) is 0 Å². The number of nitrogens with two attached hydrogens (primary N) is 1. The summed E-state index contributed by atoms with van der Waals surface area (Å²) in [6.45, 7) is 0.264. The summed E-state index contributed by atoms with van der Waals surface area (Å²) < 4.78 is 27.3. The fraction of sp³-hybridized carbons (Fsp3) is 0.167. The molecule has 0 bridgehead atoms. The summed E-state index contributed by atoms with van der Waals surface area (Å²) in [4.78, 5) is 7.75. The first-order valence-electron chi connectivity index (χ1n) is 5.78. The molecule has 0 amide bonds. The fourth-order valence-corrected chi connectivity index (χ4v) is 3.22. The second-order valence-electron chi connectivity index (χ2n) is 4.05. The average Bonchev–Trinajstić information content (AvgIpc) is 2.42. The maximum absolute atomic E-state index is 12.1. The fourth-order valence-electron chi connectivity index (χ4n) is 1.60. The van der Waals surface area contributed by atoms with E-state index in [0.29, 0.717) is 10.9 Å². The van der Waals surface area contributed by atoms with Crippen molar-refractivity contribution in [2.75, 3.05) is 12.3 Å². The Kier molecular flexibility index (Phi) is 4.69. The van der Waals surface area contributed by atoms with Gasteiger partial charge in [0, 0.05) is 29.6 Å². The van der Waals surface area contributed by atoms with E-state index in [1.54, 1.807) is 18.5 Å². The van der Waals surface area contributed by atoms with E-state index in [1.807, 2.05) is 6.07 Å². The quantitative estimate of drug-likeness (QED) is 0.842. The van der Waals surface area contributed by atoms with Gasteiger partial charge >= 0.3 is 0 Å². The lowest BCUT2D eigenvalue weighted by atomic mass is 10.2. The Labute approximate surface area is 125 Å². The van der Waals surface area contributed by atoms with Gasteiger partial charge in [-0.3, -0.25) is 4.98 Å². The lowest BCUT2D eigenvalue weighted by molar-refractivity contribution is 0.581. The molecule has 2 aromatic rings. The Morgan fingerprint density at radius 1 is 1.35 bits per heavy atom. The molecule has 20 heavy (non-hydrogen) atoms. The number of nitrogens with zero attached hydrogens (tertiary/aromatic N) is 2. The molecule has 0 radical (unpaired) electrons. The van der Waals surface area contributed by atoms with E-state index in [-0.39, 0.29) is 17.3 Å². The molecule has 0 atom stereocenters. The van der Waals surface area contributed by atoms with Gasteiger partial charge < -0.3 is 5.73 Å². The van der Waals surface area contributed by atoms with Crippen molar-refractivity contribution in [2.24, 2.45) is 0 Å². The summed E-state index contributed by atoms with van der Waals surface area (Å²) >= 11 is 3.18. The van der Waals surface area contributed by atoms with Crippen LogP contribution in [0.5, 0.6) is 0 Å². The minimum atomic E-state index is -3.67. The number of anilines is 1. The minimum Gasteiger partial charge on any atom is -0.383 e. The van der Waals surface area contributed by atoms with E-state index < -0.39 is 10.0 Å². The molecule has 2 heterocycles. The predicted molar refractivity (Wildman–Crippen MR) is 79.5 cm³/mol. The molecule has 0 saturated heterocycles. The van der Waals surface area contributed by atoms with Crippen molar-refractivity contribution >= 4 is 31.8 Å². The summed E-state index contributed by atoms with van der Waals surface area (Å²) in [5.74, 6) is -0.0259. The molecular weight excluding hydrogens is 344 g/mol. The largest absolute Gasteiger partial charge is 0.383 e. The van der Waals surface area contributed by atoms with Gasteiger partial charge in [0.05, 0.1) is 0 Å². The topological polar surface area (TPSA) is 98.0 Å². The van der Waals surface area contributed by atoms with Crippen LogP contribution < -0.4 is 10.5 Å². The van der Waals surface area contributed by atoms with Crippen molar-refractivity contribution in [2.45, 2.75) is 11.3 Å². The SMILES string of the molecule is Nc1ncc(Br)cc1S(=O)(=O)NCCc1cccnc1. The summed E-state index contributed by atoms with van der Waals surface area (Å²) in [5, 5.41) is 0. The van der Waals surface area contributed by atoms with Gasteiger partial charge in [0.2, 0.25) is 10.0 Å². The minimum absolute atomic E-state index is 0.0259.